The Balaban J connectivity index is 1.38. The summed E-state index contributed by atoms with van der Waals surface area (Å²) in [6.45, 7) is 6.86. The van der Waals surface area contributed by atoms with Gasteiger partial charge in [0.2, 0.25) is 10.0 Å². The molecule has 1 aliphatic rings. The molecule has 2 heterocycles. The number of benzene rings is 2. The minimum absolute atomic E-state index is 0.328. The Hall–Kier alpha value is -2.84. The van der Waals surface area contributed by atoms with Crippen LogP contribution >= 0.6 is 0 Å². The molecule has 8 heteroatoms. The van der Waals surface area contributed by atoms with Crippen LogP contribution in [0.15, 0.2) is 48.5 Å². The summed E-state index contributed by atoms with van der Waals surface area (Å²) in [6.07, 6.45) is 4.96. The highest BCUT2D eigenvalue weighted by molar-refractivity contribution is 7.88. The molecule has 3 aromatic rings. The maximum absolute atomic E-state index is 11.7. The summed E-state index contributed by atoms with van der Waals surface area (Å²) >= 11 is 0. The summed E-state index contributed by atoms with van der Waals surface area (Å²) in [4.78, 5) is 4.84. The van der Waals surface area contributed by atoms with Gasteiger partial charge >= 0.3 is 0 Å². The molecule has 0 spiro atoms. The number of para-hydroxylation sites is 1. The Morgan fingerprint density at radius 3 is 2.44 bits per heavy atom. The molecule has 0 unspecified atom stereocenters. The summed E-state index contributed by atoms with van der Waals surface area (Å²) in [6, 6.07) is 15.7. The molecule has 1 aromatic heterocycles. The molecule has 0 radical (unpaired) electrons. The fourth-order valence-electron chi connectivity index (χ4n) is 4.40. The number of piperidine rings is 1. The fraction of sp³-hybridized carbons (Fsp3) is 0.464. The molecular formula is C28H36N2O5S. The number of nitrogens with zero attached hydrogens (tertiary/aromatic N) is 2. The minimum Gasteiger partial charge on any atom is -0.493 e. The van der Waals surface area contributed by atoms with Crippen molar-refractivity contribution >= 4 is 20.9 Å². The van der Waals surface area contributed by atoms with Crippen LogP contribution in [-0.4, -0.2) is 50.3 Å². The molecule has 1 saturated heterocycles. The molecule has 0 atom stereocenters. The van der Waals surface area contributed by atoms with Gasteiger partial charge < -0.3 is 14.2 Å². The Kier molecular flexibility index (Phi) is 8.69. The van der Waals surface area contributed by atoms with Crippen LogP contribution in [0, 0.1) is 12.8 Å². The number of fused-ring (bicyclic) bond motifs is 1. The van der Waals surface area contributed by atoms with E-state index in [9.17, 15) is 8.42 Å². The molecule has 4 rings (SSSR count). The second-order valence-corrected chi connectivity index (χ2v) is 11.4. The van der Waals surface area contributed by atoms with Crippen LogP contribution in [0.3, 0.4) is 0 Å². The highest BCUT2D eigenvalue weighted by Gasteiger charge is 2.25. The van der Waals surface area contributed by atoms with E-state index in [0.29, 0.717) is 44.6 Å². The standard InChI is InChI=1S/C28H36N2O5S/c1-4-5-17-33-28-21(2)27(29-26-12-7-6-11-25(26)28)20-35-24-10-8-9-23(18-24)34-19-22-13-15-30(16-14-22)36(3,31)32/h6-12,18,22H,4-5,13-17,19-20H2,1-3H3. The largest absolute Gasteiger partial charge is 0.493 e. The molecule has 1 fully saturated rings. The lowest BCUT2D eigenvalue weighted by molar-refractivity contribution is 0.185. The lowest BCUT2D eigenvalue weighted by Gasteiger charge is -2.30. The van der Waals surface area contributed by atoms with Gasteiger partial charge in [-0.1, -0.05) is 31.5 Å². The van der Waals surface area contributed by atoms with Gasteiger partial charge in [-0.2, -0.15) is 0 Å². The zero-order valence-corrected chi connectivity index (χ0v) is 22.2. The normalized spacial score (nSPS) is 15.2. The lowest BCUT2D eigenvalue weighted by Crippen LogP contribution is -2.39. The van der Waals surface area contributed by atoms with Crippen LogP contribution in [0.25, 0.3) is 10.9 Å². The van der Waals surface area contributed by atoms with E-state index in [1.807, 2.05) is 55.5 Å². The van der Waals surface area contributed by atoms with Crippen LogP contribution in [0.4, 0.5) is 0 Å². The van der Waals surface area contributed by atoms with Gasteiger partial charge in [0.05, 0.1) is 30.7 Å². The van der Waals surface area contributed by atoms with Gasteiger partial charge in [0.25, 0.3) is 0 Å². The van der Waals surface area contributed by atoms with E-state index in [4.69, 9.17) is 19.2 Å². The van der Waals surface area contributed by atoms with E-state index in [0.717, 1.165) is 59.3 Å². The average Bonchev–Trinajstić information content (AvgIpc) is 2.88. The molecule has 0 bridgehead atoms. The molecule has 7 nitrogen and oxygen atoms in total. The van der Waals surface area contributed by atoms with E-state index < -0.39 is 10.0 Å². The van der Waals surface area contributed by atoms with E-state index in [1.165, 1.54) is 6.26 Å². The van der Waals surface area contributed by atoms with Gasteiger partial charge in [-0.05, 0) is 56.4 Å². The monoisotopic (exact) mass is 512 g/mol. The van der Waals surface area contributed by atoms with Gasteiger partial charge in [-0.3, -0.25) is 0 Å². The molecule has 0 amide bonds. The van der Waals surface area contributed by atoms with Crippen molar-refractivity contribution in [2.75, 3.05) is 32.6 Å². The minimum atomic E-state index is -3.11. The van der Waals surface area contributed by atoms with Crippen molar-refractivity contribution in [2.45, 2.75) is 46.1 Å². The Bertz CT molecular complexity index is 1270. The molecule has 0 N–H and O–H groups in total. The van der Waals surface area contributed by atoms with Crippen LogP contribution in [0.2, 0.25) is 0 Å². The van der Waals surface area contributed by atoms with Crippen LogP contribution in [-0.2, 0) is 16.6 Å². The first-order valence-electron chi connectivity index (χ1n) is 12.7. The van der Waals surface area contributed by atoms with E-state index in [2.05, 4.69) is 6.92 Å². The number of rotatable bonds is 11. The van der Waals surface area contributed by atoms with Crippen LogP contribution < -0.4 is 14.2 Å². The van der Waals surface area contributed by atoms with Crippen molar-refractivity contribution in [2.24, 2.45) is 5.92 Å². The number of unbranched alkanes of at least 4 members (excludes halogenated alkanes) is 1. The van der Waals surface area contributed by atoms with E-state index >= 15 is 0 Å². The molecule has 2 aromatic carbocycles. The second-order valence-electron chi connectivity index (χ2n) is 9.41. The first-order chi connectivity index (χ1) is 17.3. The van der Waals surface area contributed by atoms with Crippen molar-refractivity contribution < 1.29 is 22.6 Å². The molecule has 0 aliphatic carbocycles. The van der Waals surface area contributed by atoms with Crippen molar-refractivity contribution in [1.82, 2.24) is 9.29 Å². The average molecular weight is 513 g/mol. The van der Waals surface area contributed by atoms with Crippen molar-refractivity contribution in [3.8, 4) is 17.2 Å². The molecule has 36 heavy (non-hydrogen) atoms. The second kappa shape index (κ2) is 11.9. The number of hydrogen-bond donors (Lipinski definition) is 0. The Morgan fingerprint density at radius 1 is 1.00 bits per heavy atom. The lowest BCUT2D eigenvalue weighted by atomic mass is 9.99. The predicted octanol–water partition coefficient (Wildman–Crippen LogP) is 5.35. The van der Waals surface area contributed by atoms with Crippen molar-refractivity contribution in [3.63, 3.8) is 0 Å². The molecule has 0 saturated carbocycles. The predicted molar refractivity (Wildman–Crippen MR) is 142 cm³/mol. The first-order valence-corrected chi connectivity index (χ1v) is 14.5. The van der Waals surface area contributed by atoms with Crippen molar-refractivity contribution in [1.29, 1.82) is 0 Å². The van der Waals surface area contributed by atoms with Gasteiger partial charge in [-0.25, -0.2) is 17.7 Å². The summed E-state index contributed by atoms with van der Waals surface area (Å²) < 4.78 is 43.3. The smallest absolute Gasteiger partial charge is 0.211 e. The Labute approximate surface area is 214 Å². The van der Waals surface area contributed by atoms with Gasteiger partial charge in [-0.15, -0.1) is 0 Å². The van der Waals surface area contributed by atoms with Crippen LogP contribution in [0.1, 0.15) is 43.9 Å². The Morgan fingerprint density at radius 2 is 1.72 bits per heavy atom. The zero-order chi connectivity index (χ0) is 25.5. The summed E-state index contributed by atoms with van der Waals surface area (Å²) in [5.41, 5.74) is 2.74. The number of ether oxygens (including phenoxy) is 3. The summed E-state index contributed by atoms with van der Waals surface area (Å²) in [5, 5.41) is 1.02. The summed E-state index contributed by atoms with van der Waals surface area (Å²) in [5.74, 6) is 2.67. The molecule has 194 valence electrons. The topological polar surface area (TPSA) is 78.0 Å². The third-order valence-electron chi connectivity index (χ3n) is 6.63. The van der Waals surface area contributed by atoms with E-state index in [-0.39, 0.29) is 0 Å². The zero-order valence-electron chi connectivity index (χ0n) is 21.4. The van der Waals surface area contributed by atoms with Crippen LogP contribution in [0.5, 0.6) is 17.2 Å². The number of hydrogen-bond acceptors (Lipinski definition) is 6. The number of sulfonamides is 1. The maximum Gasteiger partial charge on any atom is 0.211 e. The first kappa shape index (κ1) is 26.2. The quantitative estimate of drug-likeness (QED) is 0.322. The highest BCUT2D eigenvalue weighted by atomic mass is 32.2. The number of aromatic nitrogens is 1. The maximum atomic E-state index is 11.7. The SMILES string of the molecule is CCCCOc1c(C)c(COc2cccc(OCC3CCN(S(C)(=O)=O)CC3)c2)nc2ccccc12. The van der Waals surface area contributed by atoms with E-state index in [1.54, 1.807) is 4.31 Å². The third-order valence-corrected chi connectivity index (χ3v) is 7.93. The summed E-state index contributed by atoms with van der Waals surface area (Å²) in [7, 11) is -3.11. The fourth-order valence-corrected chi connectivity index (χ4v) is 5.27. The third kappa shape index (κ3) is 6.68. The number of pyridine rings is 1. The van der Waals surface area contributed by atoms with Gasteiger partial charge in [0, 0.05) is 30.1 Å². The van der Waals surface area contributed by atoms with Crippen molar-refractivity contribution in [3.05, 3.63) is 59.8 Å². The van der Waals surface area contributed by atoms with Gasteiger partial charge in [0.15, 0.2) is 0 Å². The van der Waals surface area contributed by atoms with Gasteiger partial charge in [0.1, 0.15) is 23.9 Å². The molecule has 1 aliphatic heterocycles. The highest BCUT2D eigenvalue weighted by Crippen LogP contribution is 2.31. The molecular weight excluding hydrogens is 476 g/mol.